The van der Waals surface area contributed by atoms with Crippen molar-refractivity contribution in [1.82, 2.24) is 4.90 Å². The van der Waals surface area contributed by atoms with Crippen LogP contribution in [0.2, 0.25) is 0 Å². The quantitative estimate of drug-likeness (QED) is 0.838. The summed E-state index contributed by atoms with van der Waals surface area (Å²) in [5, 5.41) is 0. The van der Waals surface area contributed by atoms with Crippen LogP contribution in [0.5, 0.6) is 0 Å². The average Bonchev–Trinajstić information content (AvgIpc) is 3.15. The minimum Gasteiger partial charge on any atom is -0.468 e. The summed E-state index contributed by atoms with van der Waals surface area (Å²) in [4.78, 5) is 16.3. The molecule has 0 saturated carbocycles. The Morgan fingerprint density at radius 1 is 1.04 bits per heavy atom. The lowest BCUT2D eigenvalue weighted by Crippen LogP contribution is -2.61. The number of carbonyl (C=O) groups is 1. The van der Waals surface area contributed by atoms with Crippen molar-refractivity contribution >= 4 is 21.4 Å². The number of rotatable bonds is 3. The lowest BCUT2D eigenvalue weighted by atomic mass is 10.0. The molecule has 1 aromatic heterocycles. The van der Waals surface area contributed by atoms with Crippen molar-refractivity contribution in [1.29, 1.82) is 0 Å². The zero-order valence-corrected chi connectivity index (χ0v) is 13.9. The third-order valence-electron chi connectivity index (χ3n) is 4.67. The van der Waals surface area contributed by atoms with Crippen molar-refractivity contribution in [3.05, 3.63) is 54.5 Å². The molecule has 3 heterocycles. The third-order valence-corrected chi connectivity index (χ3v) is 6.37. The second-order valence-electron chi connectivity index (χ2n) is 6.30. The first-order chi connectivity index (χ1) is 11.5. The number of benzene rings is 1. The zero-order chi connectivity index (χ0) is 16.7. The second-order valence-corrected chi connectivity index (χ2v) is 8.45. The molecule has 2 fully saturated rings. The lowest BCUT2D eigenvalue weighted by molar-refractivity contribution is -0.123. The summed E-state index contributed by atoms with van der Waals surface area (Å²) >= 11 is 0. The fraction of sp³-hybridized carbons (Fsp3) is 0.353. The molecule has 0 spiro atoms. The molecule has 2 aromatic rings. The Hall–Kier alpha value is -2.12. The van der Waals surface area contributed by atoms with Gasteiger partial charge in [-0.1, -0.05) is 18.2 Å². The van der Waals surface area contributed by atoms with Crippen LogP contribution >= 0.6 is 0 Å². The van der Waals surface area contributed by atoms with E-state index in [0.717, 1.165) is 11.4 Å². The van der Waals surface area contributed by atoms with Gasteiger partial charge in [0.1, 0.15) is 5.76 Å². The first-order valence-corrected chi connectivity index (χ1v) is 9.70. The Bertz CT molecular complexity index is 833. The van der Waals surface area contributed by atoms with Crippen LogP contribution in [0.15, 0.2) is 53.1 Å². The van der Waals surface area contributed by atoms with Crippen LogP contribution in [0, 0.1) is 0 Å². The topological polar surface area (TPSA) is 70.8 Å². The van der Waals surface area contributed by atoms with Crippen LogP contribution < -0.4 is 4.90 Å². The highest BCUT2D eigenvalue weighted by molar-refractivity contribution is 7.91. The van der Waals surface area contributed by atoms with Gasteiger partial charge in [0.2, 0.25) is 5.91 Å². The molecule has 1 amide bonds. The SMILES string of the molecule is O=C1CN(Cc2ccco2)[C@@H]2CS(=O)(=O)C[C@@H]2N1c1ccccc1. The van der Waals surface area contributed by atoms with Crippen LogP contribution in [-0.4, -0.2) is 49.4 Å². The number of carbonyl (C=O) groups excluding carboxylic acids is 1. The minimum absolute atomic E-state index is 0.00690. The largest absolute Gasteiger partial charge is 0.468 e. The van der Waals surface area contributed by atoms with E-state index >= 15 is 0 Å². The number of sulfone groups is 1. The van der Waals surface area contributed by atoms with Gasteiger partial charge in [0.05, 0.1) is 36.9 Å². The van der Waals surface area contributed by atoms with Crippen molar-refractivity contribution in [2.24, 2.45) is 0 Å². The van der Waals surface area contributed by atoms with E-state index < -0.39 is 9.84 Å². The van der Waals surface area contributed by atoms with Crippen LogP contribution in [-0.2, 0) is 21.2 Å². The predicted octanol–water partition coefficient (Wildman–Crippen LogP) is 1.29. The van der Waals surface area contributed by atoms with E-state index in [2.05, 4.69) is 0 Å². The summed E-state index contributed by atoms with van der Waals surface area (Å²) < 4.78 is 29.8. The standard InChI is InChI=1S/C17H18N2O4S/c20-17-10-18(9-14-7-4-8-23-14)15-11-24(21,22)12-16(15)19(17)13-5-2-1-3-6-13/h1-8,15-16H,9-12H2/t15-,16+/m1/s1. The van der Waals surface area contributed by atoms with Crippen LogP contribution in [0.1, 0.15) is 5.76 Å². The number of furan rings is 1. The summed E-state index contributed by atoms with van der Waals surface area (Å²) in [5.74, 6) is 0.743. The van der Waals surface area contributed by atoms with Gasteiger partial charge in [-0.15, -0.1) is 0 Å². The Morgan fingerprint density at radius 2 is 1.79 bits per heavy atom. The maximum absolute atomic E-state index is 12.7. The molecule has 0 N–H and O–H groups in total. The highest BCUT2D eigenvalue weighted by atomic mass is 32.2. The van der Waals surface area contributed by atoms with Gasteiger partial charge >= 0.3 is 0 Å². The fourth-order valence-corrected chi connectivity index (χ4v) is 5.64. The number of para-hydroxylation sites is 1. The van der Waals surface area contributed by atoms with Gasteiger partial charge in [0.25, 0.3) is 0 Å². The van der Waals surface area contributed by atoms with Crippen molar-refractivity contribution in [3.8, 4) is 0 Å². The van der Waals surface area contributed by atoms with Gasteiger partial charge in [-0.3, -0.25) is 9.69 Å². The number of piperazine rings is 1. The zero-order valence-electron chi connectivity index (χ0n) is 13.0. The van der Waals surface area contributed by atoms with E-state index in [1.165, 1.54) is 0 Å². The summed E-state index contributed by atoms with van der Waals surface area (Å²) in [6.07, 6.45) is 1.58. The smallest absolute Gasteiger partial charge is 0.241 e. The Kier molecular flexibility index (Phi) is 3.69. The predicted molar refractivity (Wildman–Crippen MR) is 89.3 cm³/mol. The van der Waals surface area contributed by atoms with E-state index in [4.69, 9.17) is 4.42 Å². The molecule has 7 heteroatoms. The van der Waals surface area contributed by atoms with Gasteiger partial charge in [0.15, 0.2) is 9.84 Å². The first-order valence-electron chi connectivity index (χ1n) is 7.87. The monoisotopic (exact) mass is 346 g/mol. The van der Waals surface area contributed by atoms with Crippen LogP contribution in [0.4, 0.5) is 5.69 Å². The third kappa shape index (κ3) is 2.74. The summed E-state index contributed by atoms with van der Waals surface area (Å²) in [6, 6.07) is 12.4. The number of nitrogens with zero attached hydrogens (tertiary/aromatic N) is 2. The number of hydrogen-bond donors (Lipinski definition) is 0. The number of anilines is 1. The summed E-state index contributed by atoms with van der Waals surface area (Å²) in [7, 11) is -3.17. The van der Waals surface area contributed by atoms with Crippen molar-refractivity contribution in [3.63, 3.8) is 0 Å². The maximum atomic E-state index is 12.7. The van der Waals surface area contributed by atoms with Crippen molar-refractivity contribution < 1.29 is 17.6 Å². The molecular weight excluding hydrogens is 328 g/mol. The first kappa shape index (κ1) is 15.4. The Labute approximate surface area is 140 Å². The molecule has 2 aliphatic rings. The fourth-order valence-electron chi connectivity index (χ4n) is 3.66. The molecule has 0 aliphatic carbocycles. The molecular formula is C17H18N2O4S. The summed E-state index contributed by atoms with van der Waals surface area (Å²) in [5.41, 5.74) is 0.757. The molecule has 2 saturated heterocycles. The summed E-state index contributed by atoms with van der Waals surface area (Å²) in [6.45, 7) is 0.629. The molecule has 4 rings (SSSR count). The Balaban J connectivity index is 1.68. The van der Waals surface area contributed by atoms with Gasteiger partial charge in [-0.2, -0.15) is 0 Å². The van der Waals surface area contributed by atoms with Crippen molar-refractivity contribution in [2.45, 2.75) is 18.6 Å². The normalized spacial score (nSPS) is 26.5. The molecule has 0 bridgehead atoms. The highest BCUT2D eigenvalue weighted by Gasteiger charge is 2.49. The van der Waals surface area contributed by atoms with Gasteiger partial charge in [-0.05, 0) is 24.3 Å². The molecule has 0 unspecified atom stereocenters. The van der Waals surface area contributed by atoms with E-state index in [1.807, 2.05) is 41.3 Å². The number of hydrogen-bond acceptors (Lipinski definition) is 5. The van der Waals surface area contributed by atoms with Crippen LogP contribution in [0.3, 0.4) is 0 Å². The maximum Gasteiger partial charge on any atom is 0.241 e. The average molecular weight is 346 g/mol. The van der Waals surface area contributed by atoms with E-state index in [9.17, 15) is 13.2 Å². The molecule has 0 radical (unpaired) electrons. The van der Waals surface area contributed by atoms with Gasteiger partial charge in [-0.25, -0.2) is 8.42 Å². The number of fused-ring (bicyclic) bond motifs is 1. The minimum atomic E-state index is -3.17. The lowest BCUT2D eigenvalue weighted by Gasteiger charge is -2.43. The molecule has 2 aliphatic heterocycles. The molecule has 24 heavy (non-hydrogen) atoms. The second kappa shape index (κ2) is 5.75. The molecule has 126 valence electrons. The van der Waals surface area contributed by atoms with E-state index in [1.54, 1.807) is 17.2 Å². The Morgan fingerprint density at radius 3 is 2.50 bits per heavy atom. The van der Waals surface area contributed by atoms with E-state index in [0.29, 0.717) is 6.54 Å². The van der Waals surface area contributed by atoms with Crippen LogP contribution in [0.25, 0.3) is 0 Å². The van der Waals surface area contributed by atoms with Gasteiger partial charge in [0, 0.05) is 11.7 Å². The van der Waals surface area contributed by atoms with Gasteiger partial charge < -0.3 is 9.32 Å². The molecule has 2 atom stereocenters. The number of amides is 1. The van der Waals surface area contributed by atoms with E-state index in [-0.39, 0.29) is 36.0 Å². The molecule has 1 aromatic carbocycles. The highest BCUT2D eigenvalue weighted by Crippen LogP contribution is 2.32. The molecule has 6 nitrogen and oxygen atoms in total. The van der Waals surface area contributed by atoms with Crippen molar-refractivity contribution in [2.75, 3.05) is 23.0 Å².